The van der Waals surface area contributed by atoms with Crippen LogP contribution in [0.5, 0.6) is 0 Å². The van der Waals surface area contributed by atoms with Crippen molar-refractivity contribution in [2.75, 3.05) is 18.1 Å². The molecule has 108 valence electrons. The summed E-state index contributed by atoms with van der Waals surface area (Å²) >= 11 is 2.73. The van der Waals surface area contributed by atoms with Gasteiger partial charge in [0.25, 0.3) is 0 Å². The van der Waals surface area contributed by atoms with Gasteiger partial charge < -0.3 is 20.2 Å². The van der Waals surface area contributed by atoms with E-state index in [0.29, 0.717) is 16.6 Å². The smallest absolute Gasteiger partial charge is 0.313 e. The Balaban J connectivity index is 1.72. The Labute approximate surface area is 123 Å². The van der Waals surface area contributed by atoms with Gasteiger partial charge in [-0.3, -0.25) is 9.59 Å². The number of carbonyl (C=O) groups is 2. The number of thioether (sulfide) groups is 2. The van der Waals surface area contributed by atoms with Crippen LogP contribution in [0.4, 0.5) is 0 Å². The number of amides is 1. The van der Waals surface area contributed by atoms with Crippen LogP contribution in [-0.2, 0) is 9.59 Å². The van der Waals surface area contributed by atoms with Gasteiger partial charge in [-0.25, -0.2) is 4.98 Å². The number of carboxylic acids is 1. The molecule has 20 heavy (non-hydrogen) atoms. The van der Waals surface area contributed by atoms with Gasteiger partial charge in [-0.2, -0.15) is 0 Å². The van der Waals surface area contributed by atoms with E-state index in [1.54, 1.807) is 11.1 Å². The molecule has 2 fully saturated rings. The lowest BCUT2D eigenvalue weighted by molar-refractivity contribution is -0.155. The molecule has 0 spiro atoms. The Bertz CT molecular complexity index is 538. The molecule has 2 unspecified atom stereocenters. The summed E-state index contributed by atoms with van der Waals surface area (Å²) in [6, 6.07) is -0.492. The molecule has 1 aromatic rings. The van der Waals surface area contributed by atoms with E-state index in [1.165, 1.54) is 29.9 Å². The zero-order valence-electron chi connectivity index (χ0n) is 10.4. The molecule has 1 aromatic heterocycles. The monoisotopic (exact) mass is 315 g/mol. The maximum atomic E-state index is 11.7. The number of hydrogen-bond donors (Lipinski definition) is 2. The van der Waals surface area contributed by atoms with Crippen LogP contribution in [0, 0.1) is 5.41 Å². The van der Waals surface area contributed by atoms with E-state index in [9.17, 15) is 14.7 Å². The Morgan fingerprint density at radius 1 is 1.75 bits per heavy atom. The largest absolute Gasteiger partial charge is 0.481 e. The first-order chi connectivity index (χ1) is 9.53. The Hall–Kier alpha value is -1.19. The molecule has 3 heterocycles. The van der Waals surface area contributed by atoms with Crippen LogP contribution in [0.1, 0.15) is 0 Å². The SMILES string of the molecule is NC1C(=O)N2CC(CSc3cnco3)(C(=O)O)CS[C@H]12. The van der Waals surface area contributed by atoms with Gasteiger partial charge in [0.05, 0.1) is 6.20 Å². The van der Waals surface area contributed by atoms with Gasteiger partial charge >= 0.3 is 5.97 Å². The molecule has 0 aliphatic carbocycles. The highest BCUT2D eigenvalue weighted by atomic mass is 32.2. The van der Waals surface area contributed by atoms with Crippen molar-refractivity contribution in [1.82, 2.24) is 9.88 Å². The van der Waals surface area contributed by atoms with E-state index in [0.717, 1.165) is 0 Å². The molecule has 2 aliphatic rings. The molecule has 9 heteroatoms. The lowest BCUT2D eigenvalue weighted by Crippen LogP contribution is -2.72. The minimum Gasteiger partial charge on any atom is -0.481 e. The molecule has 1 amide bonds. The minimum absolute atomic E-state index is 0.0785. The zero-order valence-corrected chi connectivity index (χ0v) is 12.0. The first kappa shape index (κ1) is 13.8. The second-order valence-electron chi connectivity index (χ2n) is 4.89. The van der Waals surface area contributed by atoms with Gasteiger partial charge in [0, 0.05) is 18.1 Å². The molecule has 0 bridgehead atoms. The molecular weight excluding hydrogens is 302 g/mol. The van der Waals surface area contributed by atoms with E-state index >= 15 is 0 Å². The van der Waals surface area contributed by atoms with Crippen molar-refractivity contribution >= 4 is 35.4 Å². The Morgan fingerprint density at radius 3 is 3.20 bits per heavy atom. The van der Waals surface area contributed by atoms with Crippen molar-refractivity contribution in [3.8, 4) is 0 Å². The lowest BCUT2D eigenvalue weighted by Gasteiger charge is -2.52. The third-order valence-corrected chi connectivity index (χ3v) is 6.33. The van der Waals surface area contributed by atoms with Crippen LogP contribution >= 0.6 is 23.5 Å². The van der Waals surface area contributed by atoms with Crippen molar-refractivity contribution in [1.29, 1.82) is 0 Å². The molecule has 0 radical (unpaired) electrons. The highest BCUT2D eigenvalue weighted by molar-refractivity contribution is 8.00. The molecular formula is C11H13N3O4S2. The number of nitrogens with zero attached hydrogens (tertiary/aromatic N) is 2. The van der Waals surface area contributed by atoms with Gasteiger partial charge in [0.1, 0.15) is 16.8 Å². The summed E-state index contributed by atoms with van der Waals surface area (Å²) in [5.41, 5.74) is 4.73. The molecule has 3 N–H and O–H groups in total. The third kappa shape index (κ3) is 2.09. The average molecular weight is 315 g/mol. The molecule has 3 rings (SSSR count). The van der Waals surface area contributed by atoms with Gasteiger partial charge in [-0.05, 0) is 0 Å². The number of hydrogen-bond acceptors (Lipinski definition) is 7. The minimum atomic E-state index is -0.978. The second kappa shape index (κ2) is 4.97. The van der Waals surface area contributed by atoms with Crippen molar-refractivity contribution in [3.05, 3.63) is 12.6 Å². The highest BCUT2D eigenvalue weighted by Crippen LogP contribution is 2.43. The summed E-state index contributed by atoms with van der Waals surface area (Å²) in [6.45, 7) is 0.202. The first-order valence-electron chi connectivity index (χ1n) is 5.96. The zero-order chi connectivity index (χ0) is 14.3. The molecule has 3 atom stereocenters. The predicted molar refractivity (Wildman–Crippen MR) is 73.2 cm³/mol. The molecule has 0 saturated carbocycles. The third-order valence-electron chi connectivity index (χ3n) is 3.54. The topological polar surface area (TPSA) is 110 Å². The number of aliphatic carboxylic acids is 1. The van der Waals surface area contributed by atoms with Crippen molar-refractivity contribution in [2.24, 2.45) is 11.1 Å². The van der Waals surface area contributed by atoms with Crippen molar-refractivity contribution in [2.45, 2.75) is 16.5 Å². The van der Waals surface area contributed by atoms with Crippen LogP contribution in [0.25, 0.3) is 0 Å². The number of carbonyl (C=O) groups excluding carboxylic acids is 1. The summed E-state index contributed by atoms with van der Waals surface area (Å²) in [5, 5.41) is 10.1. The van der Waals surface area contributed by atoms with Crippen LogP contribution < -0.4 is 5.73 Å². The number of aromatic nitrogens is 1. The molecule has 2 aliphatic heterocycles. The number of rotatable bonds is 4. The quantitative estimate of drug-likeness (QED) is 0.594. The molecule has 2 saturated heterocycles. The van der Waals surface area contributed by atoms with Crippen LogP contribution in [0.15, 0.2) is 22.1 Å². The molecule has 7 nitrogen and oxygen atoms in total. The standard InChI is InChI=1S/C11H13N3O4S2/c12-7-8(15)14-2-11(10(16)17,4-20-9(7)14)3-19-6-1-13-5-18-6/h1,5,7,9H,2-4,12H2,(H,16,17)/t7?,9-,11?/m1/s1. The van der Waals surface area contributed by atoms with Crippen molar-refractivity contribution in [3.63, 3.8) is 0 Å². The maximum absolute atomic E-state index is 11.7. The van der Waals surface area contributed by atoms with Crippen LogP contribution in [-0.4, -0.2) is 56.3 Å². The number of β-lactam (4-membered cyclic amide) rings is 1. The van der Waals surface area contributed by atoms with Crippen molar-refractivity contribution < 1.29 is 19.1 Å². The summed E-state index contributed by atoms with van der Waals surface area (Å²) in [7, 11) is 0. The maximum Gasteiger partial charge on any atom is 0.313 e. The normalized spacial score (nSPS) is 32.6. The fourth-order valence-electron chi connectivity index (χ4n) is 2.29. The number of fused-ring (bicyclic) bond motifs is 1. The fraction of sp³-hybridized carbons (Fsp3) is 0.545. The predicted octanol–water partition coefficient (Wildman–Crippen LogP) is 0.0801. The van der Waals surface area contributed by atoms with E-state index in [-0.39, 0.29) is 17.8 Å². The number of nitrogens with two attached hydrogens (primary N) is 1. The van der Waals surface area contributed by atoms with E-state index in [2.05, 4.69) is 4.98 Å². The van der Waals surface area contributed by atoms with E-state index in [4.69, 9.17) is 10.2 Å². The Morgan fingerprint density at radius 2 is 2.55 bits per heavy atom. The highest BCUT2D eigenvalue weighted by Gasteiger charge is 2.55. The first-order valence-corrected chi connectivity index (χ1v) is 7.99. The van der Waals surface area contributed by atoms with E-state index < -0.39 is 17.4 Å². The van der Waals surface area contributed by atoms with Gasteiger partial charge in [-0.15, -0.1) is 11.8 Å². The fourth-order valence-corrected chi connectivity index (χ4v) is 4.89. The number of oxazole rings is 1. The van der Waals surface area contributed by atoms with E-state index in [1.807, 2.05) is 0 Å². The average Bonchev–Trinajstić information content (AvgIpc) is 2.97. The summed E-state index contributed by atoms with van der Waals surface area (Å²) in [4.78, 5) is 28.7. The lowest BCUT2D eigenvalue weighted by atomic mass is 9.89. The van der Waals surface area contributed by atoms with Gasteiger partial charge in [0.2, 0.25) is 5.91 Å². The summed E-state index contributed by atoms with van der Waals surface area (Å²) in [5.74, 6) is -0.303. The summed E-state index contributed by atoms with van der Waals surface area (Å²) < 4.78 is 5.10. The number of carboxylic acid groups (broad SMARTS) is 1. The Kier molecular flexibility index (Phi) is 3.43. The molecule has 0 aromatic carbocycles. The van der Waals surface area contributed by atoms with Crippen LogP contribution in [0.3, 0.4) is 0 Å². The van der Waals surface area contributed by atoms with Crippen LogP contribution in [0.2, 0.25) is 0 Å². The summed E-state index contributed by atoms with van der Waals surface area (Å²) in [6.07, 6.45) is 2.85. The van der Waals surface area contributed by atoms with Gasteiger partial charge in [0.15, 0.2) is 11.5 Å². The second-order valence-corrected chi connectivity index (χ2v) is 6.97. The van der Waals surface area contributed by atoms with Gasteiger partial charge in [-0.1, -0.05) is 11.8 Å².